The molecule has 9 heteroatoms. The Kier molecular flexibility index (Phi) is 4.45. The van der Waals surface area contributed by atoms with E-state index in [1.807, 2.05) is 0 Å². The molecule has 1 aromatic rings. The number of rotatable bonds is 4. The Bertz CT molecular complexity index is 599. The molecular formula is C9H7ClF2N2O3S. The highest BCUT2D eigenvalue weighted by molar-refractivity contribution is 8.13. The van der Waals surface area contributed by atoms with E-state index >= 15 is 0 Å². The Morgan fingerprint density at radius 3 is 2.50 bits per heavy atom. The zero-order chi connectivity index (χ0) is 13.9. The fraction of sp³-hybridized carbons (Fsp3) is 0.222. The van der Waals surface area contributed by atoms with Gasteiger partial charge in [-0.15, -0.1) is 0 Å². The number of alkyl halides is 2. The molecule has 1 rings (SSSR count). The summed E-state index contributed by atoms with van der Waals surface area (Å²) >= 11 is 0. The lowest BCUT2D eigenvalue weighted by molar-refractivity contribution is -0.0517. The van der Waals surface area contributed by atoms with E-state index in [1.54, 1.807) is 6.07 Å². The molecule has 0 aliphatic carbocycles. The zero-order valence-corrected chi connectivity index (χ0v) is 10.3. The molecule has 0 radical (unpaired) electrons. The van der Waals surface area contributed by atoms with Crippen LogP contribution in [-0.4, -0.2) is 15.0 Å². The first-order valence-corrected chi connectivity index (χ1v) is 6.77. The molecule has 0 bridgehead atoms. The summed E-state index contributed by atoms with van der Waals surface area (Å²) in [6.45, 7) is -3.32. The average Bonchev–Trinajstić information content (AvgIpc) is 2.25. The van der Waals surface area contributed by atoms with E-state index in [4.69, 9.17) is 21.7 Å². The molecule has 18 heavy (non-hydrogen) atoms. The van der Waals surface area contributed by atoms with Crippen LogP contribution in [0.4, 0.5) is 8.78 Å². The Morgan fingerprint density at radius 1 is 1.50 bits per heavy atom. The zero-order valence-electron chi connectivity index (χ0n) is 8.73. The predicted molar refractivity (Wildman–Crippen MR) is 58.7 cm³/mol. The molecule has 1 aromatic carbocycles. The smallest absolute Gasteiger partial charge is 0.387 e. The molecule has 0 fully saturated rings. The lowest BCUT2D eigenvalue weighted by Gasteiger charge is -2.11. The van der Waals surface area contributed by atoms with Crippen molar-refractivity contribution in [2.24, 2.45) is 5.73 Å². The van der Waals surface area contributed by atoms with Crippen LogP contribution in [0.5, 0.6) is 5.75 Å². The number of ether oxygens (including phenoxy) is 1. The average molecular weight is 297 g/mol. The number of halogens is 3. The van der Waals surface area contributed by atoms with Gasteiger partial charge in [-0.1, -0.05) is 0 Å². The van der Waals surface area contributed by atoms with Crippen LogP contribution in [0.3, 0.4) is 0 Å². The largest absolute Gasteiger partial charge is 0.433 e. The Hall–Kier alpha value is -1.43. The standard InChI is InChI=1S/C9H7ClF2N2O3S/c10-18(15,16)8-6(4-14)1-5(3-13)2-7(8)17-9(11)12/h1-2,9H,3,13H2. The van der Waals surface area contributed by atoms with Gasteiger partial charge in [-0.2, -0.15) is 14.0 Å². The molecule has 0 saturated heterocycles. The third kappa shape index (κ3) is 3.29. The maximum atomic E-state index is 12.2. The highest BCUT2D eigenvalue weighted by Crippen LogP contribution is 2.32. The molecule has 0 unspecified atom stereocenters. The Morgan fingerprint density at radius 2 is 2.11 bits per heavy atom. The van der Waals surface area contributed by atoms with Crippen LogP contribution in [0.25, 0.3) is 0 Å². The van der Waals surface area contributed by atoms with Crippen molar-refractivity contribution in [2.75, 3.05) is 0 Å². The second kappa shape index (κ2) is 5.48. The minimum atomic E-state index is -4.40. The van der Waals surface area contributed by atoms with Crippen molar-refractivity contribution in [3.63, 3.8) is 0 Å². The van der Waals surface area contributed by atoms with Crippen LogP contribution < -0.4 is 10.5 Å². The molecule has 2 N–H and O–H groups in total. The van der Waals surface area contributed by atoms with Gasteiger partial charge >= 0.3 is 6.61 Å². The number of nitrogens with two attached hydrogens (primary N) is 1. The van der Waals surface area contributed by atoms with E-state index in [0.717, 1.165) is 12.1 Å². The van der Waals surface area contributed by atoms with Crippen molar-refractivity contribution in [3.05, 3.63) is 23.3 Å². The van der Waals surface area contributed by atoms with Crippen LogP contribution in [0.15, 0.2) is 17.0 Å². The van der Waals surface area contributed by atoms with Gasteiger partial charge in [0.15, 0.2) is 0 Å². The van der Waals surface area contributed by atoms with Crippen LogP contribution >= 0.6 is 10.7 Å². The summed E-state index contributed by atoms with van der Waals surface area (Å²) in [6.07, 6.45) is 0. The summed E-state index contributed by atoms with van der Waals surface area (Å²) in [7, 11) is 0.695. The highest BCUT2D eigenvalue weighted by Gasteiger charge is 2.24. The van der Waals surface area contributed by atoms with Gasteiger partial charge in [0.2, 0.25) is 0 Å². The fourth-order valence-corrected chi connectivity index (χ4v) is 2.49. The van der Waals surface area contributed by atoms with Gasteiger partial charge < -0.3 is 10.5 Å². The normalized spacial score (nSPS) is 11.3. The third-order valence-electron chi connectivity index (χ3n) is 1.93. The monoisotopic (exact) mass is 296 g/mol. The molecule has 0 spiro atoms. The third-order valence-corrected chi connectivity index (χ3v) is 3.30. The Balaban J connectivity index is 3.59. The SMILES string of the molecule is N#Cc1cc(CN)cc(OC(F)F)c1S(=O)(=O)Cl. The molecule has 0 aliphatic heterocycles. The van der Waals surface area contributed by atoms with E-state index in [-0.39, 0.29) is 12.1 Å². The van der Waals surface area contributed by atoms with Crippen molar-refractivity contribution in [1.29, 1.82) is 5.26 Å². The first kappa shape index (κ1) is 14.6. The summed E-state index contributed by atoms with van der Waals surface area (Å²) in [5.41, 5.74) is 5.17. The molecule has 0 aromatic heterocycles. The van der Waals surface area contributed by atoms with E-state index in [2.05, 4.69) is 4.74 Å². The summed E-state index contributed by atoms with van der Waals surface area (Å²) in [4.78, 5) is -0.788. The topological polar surface area (TPSA) is 93.2 Å². The van der Waals surface area contributed by atoms with Crippen molar-refractivity contribution in [3.8, 4) is 11.8 Å². The second-order valence-electron chi connectivity index (χ2n) is 3.10. The van der Waals surface area contributed by atoms with Gasteiger partial charge in [0.1, 0.15) is 16.7 Å². The Labute approximate surface area is 106 Å². The summed E-state index contributed by atoms with van der Waals surface area (Å²) in [5.74, 6) is -0.695. The number of nitrogens with zero attached hydrogens (tertiary/aromatic N) is 1. The van der Waals surface area contributed by atoms with Crippen LogP contribution in [0, 0.1) is 11.3 Å². The fourth-order valence-electron chi connectivity index (χ4n) is 1.30. The van der Waals surface area contributed by atoms with Crippen molar-refractivity contribution < 1.29 is 21.9 Å². The van der Waals surface area contributed by atoms with E-state index in [0.29, 0.717) is 0 Å². The minimum Gasteiger partial charge on any atom is -0.433 e. The lowest BCUT2D eigenvalue weighted by Crippen LogP contribution is -2.09. The second-order valence-corrected chi connectivity index (χ2v) is 5.61. The van der Waals surface area contributed by atoms with Gasteiger partial charge in [-0.3, -0.25) is 0 Å². The lowest BCUT2D eigenvalue weighted by atomic mass is 10.1. The molecule has 5 nitrogen and oxygen atoms in total. The summed E-state index contributed by atoms with van der Waals surface area (Å²) in [5, 5.41) is 8.80. The number of hydrogen-bond acceptors (Lipinski definition) is 5. The predicted octanol–water partition coefficient (Wildman–Crippen LogP) is 1.55. The van der Waals surface area contributed by atoms with Gasteiger partial charge in [0, 0.05) is 17.2 Å². The maximum Gasteiger partial charge on any atom is 0.387 e. The van der Waals surface area contributed by atoms with Crippen molar-refractivity contribution in [2.45, 2.75) is 18.1 Å². The van der Waals surface area contributed by atoms with Crippen LogP contribution in [-0.2, 0) is 15.6 Å². The van der Waals surface area contributed by atoms with Crippen molar-refractivity contribution >= 4 is 19.7 Å². The van der Waals surface area contributed by atoms with Gasteiger partial charge in [0.25, 0.3) is 9.05 Å². The number of hydrogen-bond donors (Lipinski definition) is 1. The quantitative estimate of drug-likeness (QED) is 0.851. The first-order valence-electron chi connectivity index (χ1n) is 4.46. The molecule has 0 heterocycles. The first-order chi connectivity index (χ1) is 8.29. The van der Waals surface area contributed by atoms with Crippen molar-refractivity contribution in [1.82, 2.24) is 0 Å². The van der Waals surface area contributed by atoms with Crippen LogP contribution in [0.2, 0.25) is 0 Å². The maximum absolute atomic E-state index is 12.2. The molecule has 0 amide bonds. The summed E-state index contributed by atoms with van der Waals surface area (Å²) < 4.78 is 51.0. The van der Waals surface area contributed by atoms with Gasteiger partial charge in [-0.25, -0.2) is 8.42 Å². The van der Waals surface area contributed by atoms with E-state index < -0.39 is 31.9 Å². The molecular weight excluding hydrogens is 290 g/mol. The molecule has 0 saturated carbocycles. The van der Waals surface area contributed by atoms with E-state index in [9.17, 15) is 17.2 Å². The highest BCUT2D eigenvalue weighted by atomic mass is 35.7. The number of nitriles is 1. The van der Waals surface area contributed by atoms with Crippen LogP contribution in [0.1, 0.15) is 11.1 Å². The minimum absolute atomic E-state index is 0.0725. The van der Waals surface area contributed by atoms with Gasteiger partial charge in [-0.05, 0) is 17.7 Å². The van der Waals surface area contributed by atoms with E-state index in [1.165, 1.54) is 0 Å². The molecule has 98 valence electrons. The molecule has 0 atom stereocenters. The summed E-state index contributed by atoms with van der Waals surface area (Å²) in [6, 6.07) is 3.70. The van der Waals surface area contributed by atoms with Gasteiger partial charge in [0.05, 0.1) is 5.56 Å². The molecule has 0 aliphatic rings. The number of benzene rings is 1.